The van der Waals surface area contributed by atoms with E-state index in [1.807, 2.05) is 7.05 Å². The molecule has 0 saturated heterocycles. The minimum absolute atomic E-state index is 0.646. The third-order valence-electron chi connectivity index (χ3n) is 3.76. The van der Waals surface area contributed by atoms with Crippen LogP contribution < -0.4 is 10.2 Å². The van der Waals surface area contributed by atoms with Crippen LogP contribution in [0.3, 0.4) is 0 Å². The van der Waals surface area contributed by atoms with E-state index in [0.29, 0.717) is 11.8 Å². The number of anilines is 1. The maximum absolute atomic E-state index is 4.25. The number of rotatable bonds is 6. The molecule has 0 aliphatic rings. The molecule has 0 fully saturated rings. The van der Waals surface area contributed by atoms with Crippen LogP contribution >= 0.6 is 0 Å². The molecule has 1 aromatic heterocycles. The SMILES string of the molecule is CNCC(CN(C)c1ccc2nc[nH]c2c1)C(C)C. The average Bonchev–Trinajstić information content (AvgIpc) is 2.85. The lowest BCUT2D eigenvalue weighted by Crippen LogP contribution is -2.34. The summed E-state index contributed by atoms with van der Waals surface area (Å²) in [5.41, 5.74) is 3.35. The number of aromatic nitrogens is 2. The number of H-pyrrole nitrogens is 1. The number of fused-ring (bicyclic) bond motifs is 1. The monoisotopic (exact) mass is 260 g/mol. The van der Waals surface area contributed by atoms with Crippen molar-refractivity contribution in [1.82, 2.24) is 15.3 Å². The Bertz CT molecular complexity index is 518. The van der Waals surface area contributed by atoms with Crippen LogP contribution in [0, 0.1) is 11.8 Å². The Morgan fingerprint density at radius 2 is 2.16 bits per heavy atom. The van der Waals surface area contributed by atoms with E-state index in [-0.39, 0.29) is 0 Å². The van der Waals surface area contributed by atoms with E-state index in [0.717, 1.165) is 24.1 Å². The van der Waals surface area contributed by atoms with Crippen molar-refractivity contribution in [2.45, 2.75) is 13.8 Å². The molecular weight excluding hydrogens is 236 g/mol. The molecule has 1 atom stereocenters. The highest BCUT2D eigenvalue weighted by molar-refractivity contribution is 5.78. The largest absolute Gasteiger partial charge is 0.374 e. The summed E-state index contributed by atoms with van der Waals surface area (Å²) >= 11 is 0. The predicted octanol–water partition coefficient (Wildman–Crippen LogP) is 2.49. The Balaban J connectivity index is 2.11. The second kappa shape index (κ2) is 6.06. The Hall–Kier alpha value is -1.55. The second-order valence-electron chi connectivity index (χ2n) is 5.55. The standard InChI is InChI=1S/C15H24N4/c1-11(2)12(8-16-3)9-19(4)13-5-6-14-15(7-13)18-10-17-14/h5-7,10-12,16H,8-9H2,1-4H3,(H,17,18). The van der Waals surface area contributed by atoms with Crippen molar-refractivity contribution in [2.24, 2.45) is 11.8 Å². The van der Waals surface area contributed by atoms with Crippen LogP contribution in [0.2, 0.25) is 0 Å². The summed E-state index contributed by atoms with van der Waals surface area (Å²) in [6, 6.07) is 6.37. The van der Waals surface area contributed by atoms with Gasteiger partial charge in [0.1, 0.15) is 0 Å². The molecular formula is C15H24N4. The summed E-state index contributed by atoms with van der Waals surface area (Å²) in [7, 11) is 4.18. The lowest BCUT2D eigenvalue weighted by molar-refractivity contribution is 0.376. The maximum Gasteiger partial charge on any atom is 0.0931 e. The van der Waals surface area contributed by atoms with Gasteiger partial charge in [0.25, 0.3) is 0 Å². The molecule has 4 nitrogen and oxygen atoms in total. The molecule has 1 aromatic carbocycles. The van der Waals surface area contributed by atoms with Crippen molar-refractivity contribution in [3.05, 3.63) is 24.5 Å². The topological polar surface area (TPSA) is 44.0 Å². The Labute approximate surface area is 115 Å². The molecule has 1 unspecified atom stereocenters. The second-order valence-corrected chi connectivity index (χ2v) is 5.55. The van der Waals surface area contributed by atoms with Gasteiger partial charge in [0.2, 0.25) is 0 Å². The van der Waals surface area contributed by atoms with Gasteiger partial charge in [-0.1, -0.05) is 13.8 Å². The molecule has 2 rings (SSSR count). The molecule has 0 bridgehead atoms. The molecule has 0 spiro atoms. The maximum atomic E-state index is 4.25. The highest BCUT2D eigenvalue weighted by Crippen LogP contribution is 2.21. The highest BCUT2D eigenvalue weighted by Gasteiger charge is 2.15. The fourth-order valence-electron chi connectivity index (χ4n) is 2.39. The van der Waals surface area contributed by atoms with E-state index < -0.39 is 0 Å². The van der Waals surface area contributed by atoms with Crippen LogP contribution in [-0.2, 0) is 0 Å². The molecule has 1 heterocycles. The number of aromatic amines is 1. The van der Waals surface area contributed by atoms with E-state index in [2.05, 4.69) is 59.3 Å². The molecule has 2 N–H and O–H groups in total. The fourth-order valence-corrected chi connectivity index (χ4v) is 2.39. The number of nitrogens with zero attached hydrogens (tertiary/aromatic N) is 2. The number of imidazole rings is 1. The van der Waals surface area contributed by atoms with Gasteiger partial charge in [-0.2, -0.15) is 0 Å². The molecule has 104 valence electrons. The zero-order valence-corrected chi connectivity index (χ0v) is 12.3. The van der Waals surface area contributed by atoms with Crippen molar-refractivity contribution < 1.29 is 0 Å². The van der Waals surface area contributed by atoms with E-state index in [4.69, 9.17) is 0 Å². The van der Waals surface area contributed by atoms with Crippen LogP contribution in [0.5, 0.6) is 0 Å². The molecule has 0 aliphatic carbocycles. The summed E-state index contributed by atoms with van der Waals surface area (Å²) in [6.45, 7) is 6.67. The van der Waals surface area contributed by atoms with Gasteiger partial charge in [0.05, 0.1) is 17.4 Å². The number of benzene rings is 1. The van der Waals surface area contributed by atoms with Gasteiger partial charge in [0.15, 0.2) is 0 Å². The Morgan fingerprint density at radius 3 is 2.84 bits per heavy atom. The van der Waals surface area contributed by atoms with Crippen molar-refractivity contribution in [3.63, 3.8) is 0 Å². The van der Waals surface area contributed by atoms with Gasteiger partial charge in [-0.3, -0.25) is 0 Å². The summed E-state index contributed by atoms with van der Waals surface area (Å²) in [4.78, 5) is 9.74. The predicted molar refractivity (Wildman–Crippen MR) is 81.6 cm³/mol. The minimum atomic E-state index is 0.646. The first-order valence-electron chi connectivity index (χ1n) is 6.90. The van der Waals surface area contributed by atoms with Gasteiger partial charge in [-0.25, -0.2) is 4.98 Å². The number of hydrogen-bond donors (Lipinski definition) is 2. The summed E-state index contributed by atoms with van der Waals surface area (Å²) in [5, 5.41) is 3.29. The number of nitrogens with one attached hydrogen (secondary N) is 2. The Morgan fingerprint density at radius 1 is 1.37 bits per heavy atom. The van der Waals surface area contributed by atoms with E-state index in [1.54, 1.807) is 6.33 Å². The summed E-state index contributed by atoms with van der Waals surface area (Å²) < 4.78 is 0. The zero-order chi connectivity index (χ0) is 13.8. The third-order valence-corrected chi connectivity index (χ3v) is 3.76. The molecule has 19 heavy (non-hydrogen) atoms. The molecule has 2 aromatic rings. The fraction of sp³-hybridized carbons (Fsp3) is 0.533. The van der Waals surface area contributed by atoms with Gasteiger partial charge in [-0.15, -0.1) is 0 Å². The summed E-state index contributed by atoms with van der Waals surface area (Å²) in [6.07, 6.45) is 1.74. The third kappa shape index (κ3) is 3.26. The van der Waals surface area contributed by atoms with Crippen LogP contribution in [0.1, 0.15) is 13.8 Å². The molecule has 0 amide bonds. The highest BCUT2D eigenvalue weighted by atomic mass is 15.1. The van der Waals surface area contributed by atoms with Crippen molar-refractivity contribution >= 4 is 16.7 Å². The summed E-state index contributed by atoms with van der Waals surface area (Å²) in [5.74, 6) is 1.32. The average molecular weight is 260 g/mol. The van der Waals surface area contributed by atoms with Gasteiger partial charge in [0, 0.05) is 19.3 Å². The first kappa shape index (κ1) is 13.9. The quantitative estimate of drug-likeness (QED) is 0.838. The Kier molecular flexibility index (Phi) is 4.43. The molecule has 0 radical (unpaired) electrons. The first-order valence-corrected chi connectivity index (χ1v) is 6.90. The molecule has 4 heteroatoms. The van der Waals surface area contributed by atoms with E-state index >= 15 is 0 Å². The van der Waals surface area contributed by atoms with E-state index in [9.17, 15) is 0 Å². The van der Waals surface area contributed by atoms with Gasteiger partial charge < -0.3 is 15.2 Å². The number of hydrogen-bond acceptors (Lipinski definition) is 3. The van der Waals surface area contributed by atoms with Gasteiger partial charge >= 0.3 is 0 Å². The van der Waals surface area contributed by atoms with Crippen molar-refractivity contribution in [2.75, 3.05) is 32.1 Å². The van der Waals surface area contributed by atoms with Crippen molar-refractivity contribution in [3.8, 4) is 0 Å². The lowest BCUT2D eigenvalue weighted by atomic mass is 9.95. The zero-order valence-electron chi connectivity index (χ0n) is 12.3. The van der Waals surface area contributed by atoms with Crippen molar-refractivity contribution in [1.29, 1.82) is 0 Å². The molecule has 0 aliphatic heterocycles. The van der Waals surface area contributed by atoms with E-state index in [1.165, 1.54) is 5.69 Å². The minimum Gasteiger partial charge on any atom is -0.374 e. The smallest absolute Gasteiger partial charge is 0.0931 e. The normalized spacial score (nSPS) is 13.1. The first-order chi connectivity index (χ1) is 9.11. The van der Waals surface area contributed by atoms with Gasteiger partial charge in [-0.05, 0) is 43.6 Å². The van der Waals surface area contributed by atoms with Crippen LogP contribution in [0.4, 0.5) is 5.69 Å². The van der Waals surface area contributed by atoms with Crippen LogP contribution in [0.25, 0.3) is 11.0 Å². The lowest BCUT2D eigenvalue weighted by Gasteiger charge is -2.28. The van der Waals surface area contributed by atoms with Crippen LogP contribution in [0.15, 0.2) is 24.5 Å². The van der Waals surface area contributed by atoms with Crippen LogP contribution in [-0.4, -0.2) is 37.2 Å². The molecule has 0 saturated carbocycles.